The third kappa shape index (κ3) is 3.88. The van der Waals surface area contributed by atoms with Gasteiger partial charge in [0.25, 0.3) is 0 Å². The van der Waals surface area contributed by atoms with E-state index in [0.29, 0.717) is 5.69 Å². The molecule has 3 N–H and O–H groups in total. The Balaban J connectivity index is 1.74. The lowest BCUT2D eigenvalue weighted by molar-refractivity contribution is -0.137. The highest BCUT2D eigenvalue weighted by Crippen LogP contribution is 2.36. The van der Waals surface area contributed by atoms with Gasteiger partial charge in [-0.3, -0.25) is 4.98 Å². The summed E-state index contributed by atoms with van der Waals surface area (Å²) in [5.41, 5.74) is 7.82. The van der Waals surface area contributed by atoms with Gasteiger partial charge in [0.2, 0.25) is 0 Å². The van der Waals surface area contributed by atoms with E-state index < -0.39 is 11.7 Å². The second-order valence-electron chi connectivity index (χ2n) is 6.90. The van der Waals surface area contributed by atoms with Crippen LogP contribution in [-0.4, -0.2) is 24.1 Å². The standard InChI is InChI=1S/C20H18F3IN4/c21-20(22,23)12-1-3-14(4-2-12)27-19-8-15(28-6-5-13(25)11-28)7-16-17(19)9-26-10-18(16)24/h1-4,7-10,13,27H,5-6,11,25H2/t13-/m1/s1. The molecule has 3 aromatic rings. The number of nitrogens with zero attached hydrogens (tertiary/aromatic N) is 2. The summed E-state index contributed by atoms with van der Waals surface area (Å²) in [6.45, 7) is 1.67. The van der Waals surface area contributed by atoms with Crippen LogP contribution in [0.3, 0.4) is 0 Å². The summed E-state index contributed by atoms with van der Waals surface area (Å²) >= 11 is 2.24. The number of aromatic nitrogens is 1. The van der Waals surface area contributed by atoms with E-state index >= 15 is 0 Å². The zero-order valence-electron chi connectivity index (χ0n) is 14.8. The van der Waals surface area contributed by atoms with Crippen LogP contribution in [0.1, 0.15) is 12.0 Å². The minimum absolute atomic E-state index is 0.151. The van der Waals surface area contributed by atoms with Crippen LogP contribution in [0.2, 0.25) is 0 Å². The zero-order chi connectivity index (χ0) is 19.9. The van der Waals surface area contributed by atoms with E-state index in [1.54, 1.807) is 12.4 Å². The number of hydrogen-bond donors (Lipinski definition) is 2. The fourth-order valence-corrected chi connectivity index (χ4v) is 4.03. The molecular weight excluding hydrogens is 480 g/mol. The van der Waals surface area contributed by atoms with Gasteiger partial charge in [-0.05, 0) is 65.4 Å². The Morgan fingerprint density at radius 1 is 1.11 bits per heavy atom. The molecule has 1 atom stereocenters. The van der Waals surface area contributed by atoms with Gasteiger partial charge in [-0.1, -0.05) is 0 Å². The van der Waals surface area contributed by atoms with Crippen molar-refractivity contribution in [1.29, 1.82) is 0 Å². The van der Waals surface area contributed by atoms with E-state index in [0.717, 1.165) is 57.4 Å². The molecule has 0 saturated carbocycles. The van der Waals surface area contributed by atoms with Gasteiger partial charge in [0.1, 0.15) is 0 Å². The van der Waals surface area contributed by atoms with Crippen molar-refractivity contribution in [3.63, 3.8) is 0 Å². The predicted molar refractivity (Wildman–Crippen MR) is 114 cm³/mol. The third-order valence-electron chi connectivity index (χ3n) is 4.89. The Morgan fingerprint density at radius 2 is 1.86 bits per heavy atom. The van der Waals surface area contributed by atoms with Crippen molar-refractivity contribution in [2.45, 2.75) is 18.6 Å². The summed E-state index contributed by atoms with van der Waals surface area (Å²) in [5.74, 6) is 0. The Morgan fingerprint density at radius 3 is 2.50 bits per heavy atom. The summed E-state index contributed by atoms with van der Waals surface area (Å²) in [7, 11) is 0. The molecule has 0 radical (unpaired) electrons. The molecule has 1 aliphatic rings. The fourth-order valence-electron chi connectivity index (χ4n) is 3.43. The predicted octanol–water partition coefficient (Wildman–Crippen LogP) is 5.14. The van der Waals surface area contributed by atoms with Crippen LogP contribution in [0.15, 0.2) is 48.8 Å². The average Bonchev–Trinajstić information content (AvgIpc) is 3.08. The summed E-state index contributed by atoms with van der Waals surface area (Å²) in [5, 5.41) is 5.22. The molecular formula is C20H18F3IN4. The minimum Gasteiger partial charge on any atom is -0.370 e. The van der Waals surface area contributed by atoms with E-state index in [2.05, 4.69) is 43.9 Å². The molecule has 8 heteroatoms. The van der Waals surface area contributed by atoms with Crippen molar-refractivity contribution in [1.82, 2.24) is 4.98 Å². The first-order valence-electron chi connectivity index (χ1n) is 8.83. The summed E-state index contributed by atoms with van der Waals surface area (Å²) in [6, 6.07) is 9.32. The fraction of sp³-hybridized carbons (Fsp3) is 0.250. The number of hydrogen-bond acceptors (Lipinski definition) is 4. The maximum atomic E-state index is 12.8. The van der Waals surface area contributed by atoms with Gasteiger partial charge in [-0.15, -0.1) is 0 Å². The number of fused-ring (bicyclic) bond motifs is 1. The number of pyridine rings is 1. The van der Waals surface area contributed by atoms with Crippen molar-refractivity contribution in [3.8, 4) is 0 Å². The highest BCUT2D eigenvalue weighted by atomic mass is 127. The molecule has 28 heavy (non-hydrogen) atoms. The van der Waals surface area contributed by atoms with Crippen molar-refractivity contribution in [2.75, 3.05) is 23.3 Å². The number of nitrogens with one attached hydrogen (secondary N) is 1. The highest BCUT2D eigenvalue weighted by Gasteiger charge is 2.30. The Bertz CT molecular complexity index is 1000. The lowest BCUT2D eigenvalue weighted by Gasteiger charge is -2.21. The van der Waals surface area contributed by atoms with Crippen LogP contribution < -0.4 is 16.0 Å². The first kappa shape index (κ1) is 19.3. The first-order chi connectivity index (χ1) is 13.3. The van der Waals surface area contributed by atoms with Crippen molar-refractivity contribution in [3.05, 3.63) is 57.9 Å². The van der Waals surface area contributed by atoms with Crippen LogP contribution in [0.25, 0.3) is 10.8 Å². The maximum absolute atomic E-state index is 12.8. The van der Waals surface area contributed by atoms with E-state index in [9.17, 15) is 13.2 Å². The molecule has 1 saturated heterocycles. The SMILES string of the molecule is N[C@@H]1CCN(c2cc(Nc3ccc(C(F)(F)F)cc3)c3cncc(I)c3c2)C1. The van der Waals surface area contributed by atoms with Gasteiger partial charge in [0, 0.05) is 57.2 Å². The lowest BCUT2D eigenvalue weighted by Crippen LogP contribution is -2.26. The molecule has 0 bridgehead atoms. The monoisotopic (exact) mass is 498 g/mol. The maximum Gasteiger partial charge on any atom is 0.416 e. The van der Waals surface area contributed by atoms with Crippen molar-refractivity contribution >= 4 is 50.4 Å². The molecule has 1 fully saturated rings. The zero-order valence-corrected chi connectivity index (χ0v) is 17.0. The van der Waals surface area contributed by atoms with Gasteiger partial charge < -0.3 is 16.0 Å². The Labute approximate surface area is 174 Å². The molecule has 4 rings (SSSR count). The van der Waals surface area contributed by atoms with Crippen molar-refractivity contribution in [2.24, 2.45) is 5.73 Å². The van der Waals surface area contributed by atoms with Crippen LogP contribution in [0, 0.1) is 3.57 Å². The minimum atomic E-state index is -4.35. The largest absolute Gasteiger partial charge is 0.416 e. The van der Waals surface area contributed by atoms with E-state index in [1.165, 1.54) is 12.1 Å². The first-order valence-corrected chi connectivity index (χ1v) is 9.91. The topological polar surface area (TPSA) is 54.2 Å². The normalized spacial score (nSPS) is 17.3. The number of anilines is 3. The summed E-state index contributed by atoms with van der Waals surface area (Å²) in [6.07, 6.45) is 0.153. The van der Waals surface area contributed by atoms with Gasteiger partial charge in [-0.2, -0.15) is 13.2 Å². The van der Waals surface area contributed by atoms with Crippen LogP contribution in [0.5, 0.6) is 0 Å². The summed E-state index contributed by atoms with van der Waals surface area (Å²) in [4.78, 5) is 6.51. The number of halogens is 4. The van der Waals surface area contributed by atoms with Gasteiger partial charge >= 0.3 is 6.18 Å². The van der Waals surface area contributed by atoms with Crippen LogP contribution >= 0.6 is 22.6 Å². The molecule has 0 spiro atoms. The van der Waals surface area contributed by atoms with Crippen LogP contribution in [-0.2, 0) is 6.18 Å². The molecule has 2 aromatic carbocycles. The highest BCUT2D eigenvalue weighted by molar-refractivity contribution is 14.1. The summed E-state index contributed by atoms with van der Waals surface area (Å²) < 4.78 is 39.4. The molecule has 0 amide bonds. The number of rotatable bonds is 3. The molecule has 1 aromatic heterocycles. The number of nitrogens with two attached hydrogens (primary N) is 1. The van der Waals surface area contributed by atoms with E-state index in [1.807, 2.05) is 6.07 Å². The van der Waals surface area contributed by atoms with Gasteiger partial charge in [0.05, 0.1) is 11.3 Å². The second kappa shape index (κ2) is 7.40. The average molecular weight is 498 g/mol. The number of benzene rings is 2. The lowest BCUT2D eigenvalue weighted by atomic mass is 10.1. The molecule has 4 nitrogen and oxygen atoms in total. The molecule has 0 aliphatic carbocycles. The van der Waals surface area contributed by atoms with Crippen LogP contribution in [0.4, 0.5) is 30.2 Å². The molecule has 1 aliphatic heterocycles. The number of alkyl halides is 3. The van der Waals surface area contributed by atoms with E-state index in [-0.39, 0.29) is 6.04 Å². The quantitative estimate of drug-likeness (QED) is 0.492. The molecule has 146 valence electrons. The molecule has 0 unspecified atom stereocenters. The smallest absolute Gasteiger partial charge is 0.370 e. The third-order valence-corrected chi connectivity index (χ3v) is 5.75. The van der Waals surface area contributed by atoms with Gasteiger partial charge in [-0.25, -0.2) is 0 Å². The molecule has 2 heterocycles. The van der Waals surface area contributed by atoms with Crippen molar-refractivity contribution < 1.29 is 13.2 Å². The Kier molecular flexibility index (Phi) is 5.09. The second-order valence-corrected chi connectivity index (χ2v) is 8.07. The van der Waals surface area contributed by atoms with E-state index in [4.69, 9.17) is 5.73 Å². The Hall–Kier alpha value is -2.07. The van der Waals surface area contributed by atoms with Gasteiger partial charge in [0.15, 0.2) is 0 Å².